The van der Waals surface area contributed by atoms with Crippen LogP contribution >= 0.6 is 0 Å². The third-order valence-corrected chi connectivity index (χ3v) is 4.03. The number of hydrogen-bond acceptors (Lipinski definition) is 3. The summed E-state index contributed by atoms with van der Waals surface area (Å²) in [6.07, 6.45) is 1.23. The highest BCUT2D eigenvalue weighted by molar-refractivity contribution is 5.44. The summed E-state index contributed by atoms with van der Waals surface area (Å²) >= 11 is 0. The number of likely N-dealkylation sites (tertiary alicyclic amines) is 1. The van der Waals surface area contributed by atoms with Gasteiger partial charge in [-0.25, -0.2) is 0 Å². The van der Waals surface area contributed by atoms with Gasteiger partial charge in [0.05, 0.1) is 13.7 Å². The van der Waals surface area contributed by atoms with Gasteiger partial charge < -0.3 is 14.4 Å². The summed E-state index contributed by atoms with van der Waals surface area (Å²) in [4.78, 5) is 2.41. The van der Waals surface area contributed by atoms with Gasteiger partial charge >= 0.3 is 0 Å². The minimum absolute atomic E-state index is 0.604. The Morgan fingerprint density at radius 1 is 1.41 bits per heavy atom. The first-order valence-electron chi connectivity index (χ1n) is 6.27. The van der Waals surface area contributed by atoms with E-state index in [0.29, 0.717) is 11.8 Å². The molecular formula is C14H19NO2. The summed E-state index contributed by atoms with van der Waals surface area (Å²) in [5, 5.41) is 0. The Morgan fingerprint density at radius 2 is 2.29 bits per heavy atom. The van der Waals surface area contributed by atoms with Gasteiger partial charge in [-0.1, -0.05) is 0 Å². The van der Waals surface area contributed by atoms with Gasteiger partial charge in [0, 0.05) is 23.9 Å². The molecule has 0 amide bonds. The van der Waals surface area contributed by atoms with Crippen LogP contribution in [0, 0.1) is 5.92 Å². The zero-order valence-corrected chi connectivity index (χ0v) is 10.5. The van der Waals surface area contributed by atoms with Crippen LogP contribution in [0.15, 0.2) is 18.2 Å². The van der Waals surface area contributed by atoms with E-state index in [1.54, 1.807) is 7.11 Å². The molecule has 1 saturated heterocycles. The highest BCUT2D eigenvalue weighted by Crippen LogP contribution is 2.42. The molecule has 2 atom stereocenters. The summed E-state index contributed by atoms with van der Waals surface area (Å²) in [5.41, 5.74) is 1.33. The standard InChI is InChI=1S/C14H19NO2/c1-15-6-5-10-9-17-14-4-3-11(16-2)7-12(14)13(10)8-15/h3-4,7,10,13H,5-6,8-9H2,1-2H3/t10-,13-/m0/s1. The van der Waals surface area contributed by atoms with E-state index in [-0.39, 0.29) is 0 Å². The van der Waals surface area contributed by atoms with Crippen molar-refractivity contribution >= 4 is 0 Å². The minimum Gasteiger partial charge on any atom is -0.497 e. The predicted octanol–water partition coefficient (Wildman–Crippen LogP) is 2.12. The lowest BCUT2D eigenvalue weighted by Crippen LogP contribution is -2.41. The van der Waals surface area contributed by atoms with E-state index in [0.717, 1.165) is 24.7 Å². The molecule has 0 unspecified atom stereocenters. The van der Waals surface area contributed by atoms with Crippen molar-refractivity contribution < 1.29 is 9.47 Å². The van der Waals surface area contributed by atoms with Crippen LogP contribution < -0.4 is 9.47 Å². The normalized spacial score (nSPS) is 27.9. The molecule has 92 valence electrons. The lowest BCUT2D eigenvalue weighted by Gasteiger charge is -2.40. The molecule has 2 aliphatic rings. The maximum absolute atomic E-state index is 5.85. The predicted molar refractivity (Wildman–Crippen MR) is 66.8 cm³/mol. The second kappa shape index (κ2) is 4.22. The molecule has 3 nitrogen and oxygen atoms in total. The number of methoxy groups -OCH3 is 1. The largest absolute Gasteiger partial charge is 0.497 e. The number of benzene rings is 1. The van der Waals surface area contributed by atoms with Crippen molar-refractivity contribution in [2.24, 2.45) is 5.92 Å². The van der Waals surface area contributed by atoms with Crippen molar-refractivity contribution in [3.05, 3.63) is 23.8 Å². The highest BCUT2D eigenvalue weighted by Gasteiger charge is 2.34. The third kappa shape index (κ3) is 1.89. The lowest BCUT2D eigenvalue weighted by molar-refractivity contribution is 0.114. The van der Waals surface area contributed by atoms with E-state index in [9.17, 15) is 0 Å². The summed E-state index contributed by atoms with van der Waals surface area (Å²) in [6.45, 7) is 3.19. The van der Waals surface area contributed by atoms with Gasteiger partial charge in [-0.2, -0.15) is 0 Å². The summed E-state index contributed by atoms with van der Waals surface area (Å²) in [6, 6.07) is 6.16. The Bertz CT molecular complexity index is 419. The average molecular weight is 233 g/mol. The Morgan fingerprint density at radius 3 is 3.12 bits per heavy atom. The molecule has 0 N–H and O–H groups in total. The summed E-state index contributed by atoms with van der Waals surface area (Å²) in [5.74, 6) is 3.25. The van der Waals surface area contributed by atoms with Crippen LogP contribution in [0.5, 0.6) is 11.5 Å². The van der Waals surface area contributed by atoms with E-state index in [1.807, 2.05) is 12.1 Å². The maximum atomic E-state index is 5.85. The molecule has 1 aromatic carbocycles. The molecule has 0 aliphatic carbocycles. The third-order valence-electron chi connectivity index (χ3n) is 4.03. The van der Waals surface area contributed by atoms with Crippen molar-refractivity contribution in [3.8, 4) is 11.5 Å². The molecule has 1 fully saturated rings. The number of nitrogens with zero attached hydrogens (tertiary/aromatic N) is 1. The number of hydrogen-bond donors (Lipinski definition) is 0. The summed E-state index contributed by atoms with van der Waals surface area (Å²) < 4.78 is 11.2. The van der Waals surface area contributed by atoms with Gasteiger partial charge in [-0.3, -0.25) is 0 Å². The van der Waals surface area contributed by atoms with Gasteiger partial charge in [-0.05, 0) is 38.2 Å². The molecule has 0 aromatic heterocycles. The maximum Gasteiger partial charge on any atom is 0.123 e. The molecule has 3 heteroatoms. The molecule has 3 rings (SSSR count). The van der Waals surface area contributed by atoms with Gasteiger partial charge in [0.1, 0.15) is 11.5 Å². The highest BCUT2D eigenvalue weighted by atomic mass is 16.5. The first-order chi connectivity index (χ1) is 8.28. The second-order valence-electron chi connectivity index (χ2n) is 5.13. The fourth-order valence-electron chi connectivity index (χ4n) is 2.99. The van der Waals surface area contributed by atoms with E-state index >= 15 is 0 Å². The first-order valence-corrected chi connectivity index (χ1v) is 6.27. The molecule has 2 heterocycles. The number of ether oxygens (including phenoxy) is 2. The lowest BCUT2D eigenvalue weighted by atomic mass is 9.79. The molecule has 17 heavy (non-hydrogen) atoms. The smallest absolute Gasteiger partial charge is 0.123 e. The van der Waals surface area contributed by atoms with Crippen LogP contribution in [0.3, 0.4) is 0 Å². The van der Waals surface area contributed by atoms with Crippen molar-refractivity contribution in [1.29, 1.82) is 0 Å². The van der Waals surface area contributed by atoms with Gasteiger partial charge in [0.15, 0.2) is 0 Å². The topological polar surface area (TPSA) is 21.7 Å². The van der Waals surface area contributed by atoms with E-state index in [2.05, 4.69) is 18.0 Å². The van der Waals surface area contributed by atoms with Crippen molar-refractivity contribution in [1.82, 2.24) is 4.90 Å². The van der Waals surface area contributed by atoms with Gasteiger partial charge in [0.25, 0.3) is 0 Å². The van der Waals surface area contributed by atoms with Crippen molar-refractivity contribution in [3.63, 3.8) is 0 Å². The Kier molecular flexibility index (Phi) is 2.71. The van der Waals surface area contributed by atoms with Crippen LogP contribution in [0.25, 0.3) is 0 Å². The van der Waals surface area contributed by atoms with Crippen LogP contribution in [0.4, 0.5) is 0 Å². The number of piperidine rings is 1. The van der Waals surface area contributed by atoms with E-state index < -0.39 is 0 Å². The van der Waals surface area contributed by atoms with Crippen LogP contribution in [-0.4, -0.2) is 38.8 Å². The van der Waals surface area contributed by atoms with Gasteiger partial charge in [0.2, 0.25) is 0 Å². The fraction of sp³-hybridized carbons (Fsp3) is 0.571. The van der Waals surface area contributed by atoms with Crippen LogP contribution in [0.1, 0.15) is 17.9 Å². The number of fused-ring (bicyclic) bond motifs is 3. The quantitative estimate of drug-likeness (QED) is 0.741. The van der Waals surface area contributed by atoms with E-state index in [4.69, 9.17) is 9.47 Å². The number of likely N-dealkylation sites (N-methyl/N-ethyl adjacent to an activating group) is 1. The van der Waals surface area contributed by atoms with Crippen LogP contribution in [0.2, 0.25) is 0 Å². The van der Waals surface area contributed by atoms with Gasteiger partial charge in [-0.15, -0.1) is 0 Å². The zero-order chi connectivity index (χ0) is 11.8. The molecule has 1 aromatic rings. The van der Waals surface area contributed by atoms with Crippen molar-refractivity contribution in [2.45, 2.75) is 12.3 Å². The number of rotatable bonds is 1. The molecular weight excluding hydrogens is 214 g/mol. The Labute approximate surface area is 102 Å². The Hall–Kier alpha value is -1.22. The second-order valence-corrected chi connectivity index (χ2v) is 5.13. The Balaban J connectivity index is 1.97. The first kappa shape index (κ1) is 10.9. The van der Waals surface area contributed by atoms with Crippen molar-refractivity contribution in [2.75, 3.05) is 33.9 Å². The van der Waals surface area contributed by atoms with Crippen LogP contribution in [-0.2, 0) is 0 Å². The fourth-order valence-corrected chi connectivity index (χ4v) is 2.99. The summed E-state index contributed by atoms with van der Waals surface area (Å²) in [7, 11) is 3.92. The molecule has 0 saturated carbocycles. The minimum atomic E-state index is 0.604. The average Bonchev–Trinajstić information content (AvgIpc) is 2.38. The molecule has 0 spiro atoms. The van der Waals surface area contributed by atoms with E-state index in [1.165, 1.54) is 18.5 Å². The zero-order valence-electron chi connectivity index (χ0n) is 10.5. The molecule has 0 bridgehead atoms. The molecule has 0 radical (unpaired) electrons. The monoisotopic (exact) mass is 233 g/mol. The molecule has 2 aliphatic heterocycles. The SMILES string of the molecule is COc1ccc2c(c1)[C@H]1CN(C)CC[C@H]1CO2.